The van der Waals surface area contributed by atoms with Gasteiger partial charge in [-0.15, -0.1) is 11.8 Å². The van der Waals surface area contributed by atoms with Crippen molar-refractivity contribution in [2.45, 2.75) is 36.8 Å². The number of hydrogen-bond donors (Lipinski definition) is 1. The monoisotopic (exact) mass is 281 g/mol. The fraction of sp³-hybridized carbons (Fsp3) is 0.600. The predicted octanol–water partition coefficient (Wildman–Crippen LogP) is 3.38. The molecule has 0 bridgehead atoms. The summed E-state index contributed by atoms with van der Waals surface area (Å²) >= 11 is 1.64. The Labute approximate surface area is 118 Å². The number of halogens is 1. The number of thioether (sulfide) groups is 1. The van der Waals surface area contributed by atoms with Crippen molar-refractivity contribution in [1.82, 2.24) is 5.32 Å². The largest absolute Gasteiger partial charge is 0.378 e. The van der Waals surface area contributed by atoms with E-state index in [0.717, 1.165) is 42.2 Å². The van der Waals surface area contributed by atoms with E-state index >= 15 is 0 Å². The van der Waals surface area contributed by atoms with Crippen molar-refractivity contribution in [2.24, 2.45) is 5.92 Å². The van der Waals surface area contributed by atoms with Crippen molar-refractivity contribution in [3.05, 3.63) is 29.6 Å². The molecule has 19 heavy (non-hydrogen) atoms. The van der Waals surface area contributed by atoms with Crippen molar-refractivity contribution in [2.75, 3.05) is 18.9 Å². The number of nitrogens with one attached hydrogen (secondary N) is 1. The van der Waals surface area contributed by atoms with Gasteiger partial charge in [-0.25, -0.2) is 4.39 Å². The van der Waals surface area contributed by atoms with E-state index < -0.39 is 0 Å². The average Bonchev–Trinajstić information content (AvgIpc) is 2.82. The molecule has 2 aliphatic rings. The molecule has 3 atom stereocenters. The molecule has 1 N–H and O–H groups in total. The van der Waals surface area contributed by atoms with Gasteiger partial charge in [-0.05, 0) is 43.1 Å². The summed E-state index contributed by atoms with van der Waals surface area (Å²) < 4.78 is 19.4. The maximum atomic E-state index is 13.8. The highest BCUT2D eigenvalue weighted by Gasteiger charge is 2.27. The minimum Gasteiger partial charge on any atom is -0.378 e. The molecule has 2 aliphatic heterocycles. The molecule has 1 aromatic rings. The molecule has 3 unspecified atom stereocenters. The lowest BCUT2D eigenvalue weighted by molar-refractivity contribution is 0.105. The van der Waals surface area contributed by atoms with Gasteiger partial charge in [0.05, 0.1) is 6.10 Å². The first-order valence-corrected chi connectivity index (χ1v) is 8.00. The maximum Gasteiger partial charge on any atom is 0.137 e. The van der Waals surface area contributed by atoms with Crippen LogP contribution in [0.2, 0.25) is 0 Å². The molecule has 1 fully saturated rings. The fourth-order valence-corrected chi connectivity index (χ4v) is 4.08. The van der Waals surface area contributed by atoms with Gasteiger partial charge >= 0.3 is 0 Å². The number of ether oxygens (including phenoxy) is 1. The first-order chi connectivity index (χ1) is 9.25. The summed E-state index contributed by atoms with van der Waals surface area (Å²) in [5, 5.41) is 3.62. The SMILES string of the molecule is CC1OCCC1CNC1CCSc2c(F)cccc21. The van der Waals surface area contributed by atoms with Crippen LogP contribution in [0.1, 0.15) is 31.4 Å². The van der Waals surface area contributed by atoms with Crippen LogP contribution in [0.5, 0.6) is 0 Å². The van der Waals surface area contributed by atoms with Gasteiger partial charge in [0.2, 0.25) is 0 Å². The minimum absolute atomic E-state index is 0.0773. The van der Waals surface area contributed by atoms with Crippen molar-refractivity contribution in [3.8, 4) is 0 Å². The lowest BCUT2D eigenvalue weighted by Crippen LogP contribution is -2.32. The molecule has 4 heteroatoms. The van der Waals surface area contributed by atoms with Crippen LogP contribution in [0.4, 0.5) is 4.39 Å². The fourth-order valence-electron chi connectivity index (χ4n) is 2.94. The Bertz CT molecular complexity index is 454. The lowest BCUT2D eigenvalue weighted by Gasteiger charge is -2.28. The number of hydrogen-bond acceptors (Lipinski definition) is 3. The van der Waals surface area contributed by atoms with Gasteiger partial charge in [-0.3, -0.25) is 0 Å². The summed E-state index contributed by atoms with van der Waals surface area (Å²) in [6.45, 7) is 3.98. The Balaban J connectivity index is 1.68. The van der Waals surface area contributed by atoms with Crippen molar-refractivity contribution in [1.29, 1.82) is 0 Å². The molecule has 104 valence electrons. The summed E-state index contributed by atoms with van der Waals surface area (Å²) in [5.74, 6) is 1.50. The van der Waals surface area contributed by atoms with E-state index in [2.05, 4.69) is 18.3 Å². The second kappa shape index (κ2) is 5.81. The Morgan fingerprint density at radius 3 is 3.11 bits per heavy atom. The zero-order chi connectivity index (χ0) is 13.2. The van der Waals surface area contributed by atoms with Crippen LogP contribution in [-0.4, -0.2) is 25.0 Å². The molecule has 1 aromatic carbocycles. The Morgan fingerprint density at radius 1 is 1.42 bits per heavy atom. The van der Waals surface area contributed by atoms with Crippen LogP contribution < -0.4 is 5.32 Å². The average molecular weight is 281 g/mol. The second-order valence-corrected chi connectivity index (χ2v) is 6.49. The Hall–Kier alpha value is -0.580. The van der Waals surface area contributed by atoms with Crippen LogP contribution in [0.25, 0.3) is 0 Å². The van der Waals surface area contributed by atoms with Gasteiger partial charge < -0.3 is 10.1 Å². The van der Waals surface area contributed by atoms with Gasteiger partial charge in [-0.1, -0.05) is 12.1 Å². The Kier molecular flexibility index (Phi) is 4.10. The van der Waals surface area contributed by atoms with Crippen molar-refractivity contribution >= 4 is 11.8 Å². The first-order valence-electron chi connectivity index (χ1n) is 7.02. The van der Waals surface area contributed by atoms with Crippen LogP contribution in [-0.2, 0) is 4.74 Å². The number of fused-ring (bicyclic) bond motifs is 1. The molecular weight excluding hydrogens is 261 g/mol. The van der Waals surface area contributed by atoms with Crippen LogP contribution in [0, 0.1) is 11.7 Å². The van der Waals surface area contributed by atoms with E-state index in [-0.39, 0.29) is 5.82 Å². The second-order valence-electron chi connectivity index (χ2n) is 5.38. The topological polar surface area (TPSA) is 21.3 Å². The quantitative estimate of drug-likeness (QED) is 0.918. The summed E-state index contributed by atoms with van der Waals surface area (Å²) in [6, 6.07) is 5.72. The lowest BCUT2D eigenvalue weighted by atomic mass is 9.99. The molecule has 0 spiro atoms. The highest BCUT2D eigenvalue weighted by molar-refractivity contribution is 7.99. The van der Waals surface area contributed by atoms with Gasteiger partial charge in [0, 0.05) is 24.1 Å². The van der Waals surface area contributed by atoms with E-state index in [1.54, 1.807) is 17.8 Å². The predicted molar refractivity (Wildman–Crippen MR) is 76.0 cm³/mol. The van der Waals surface area contributed by atoms with Gasteiger partial charge in [0.1, 0.15) is 5.82 Å². The normalized spacial score (nSPS) is 30.3. The van der Waals surface area contributed by atoms with Crippen LogP contribution >= 0.6 is 11.8 Å². The minimum atomic E-state index is -0.0773. The number of rotatable bonds is 3. The van der Waals surface area contributed by atoms with E-state index in [1.165, 1.54) is 0 Å². The van der Waals surface area contributed by atoms with E-state index in [9.17, 15) is 4.39 Å². The van der Waals surface area contributed by atoms with Crippen LogP contribution in [0.3, 0.4) is 0 Å². The van der Waals surface area contributed by atoms with Gasteiger partial charge in [0.15, 0.2) is 0 Å². The van der Waals surface area contributed by atoms with Crippen molar-refractivity contribution in [3.63, 3.8) is 0 Å². The first kappa shape index (κ1) is 13.4. The molecule has 2 heterocycles. The third-order valence-electron chi connectivity index (χ3n) is 4.19. The molecule has 0 radical (unpaired) electrons. The highest BCUT2D eigenvalue weighted by Crippen LogP contribution is 2.37. The third kappa shape index (κ3) is 2.81. The van der Waals surface area contributed by atoms with E-state index in [1.807, 2.05) is 6.07 Å². The molecular formula is C15H20FNOS. The van der Waals surface area contributed by atoms with Gasteiger partial charge in [0.25, 0.3) is 0 Å². The van der Waals surface area contributed by atoms with Crippen LogP contribution in [0.15, 0.2) is 23.1 Å². The third-order valence-corrected chi connectivity index (χ3v) is 5.34. The zero-order valence-electron chi connectivity index (χ0n) is 11.2. The molecule has 2 nitrogen and oxygen atoms in total. The summed E-state index contributed by atoms with van der Waals surface area (Å²) in [6.07, 6.45) is 2.55. The van der Waals surface area contributed by atoms with E-state index in [0.29, 0.717) is 18.1 Å². The van der Waals surface area contributed by atoms with Crippen molar-refractivity contribution < 1.29 is 9.13 Å². The number of benzene rings is 1. The summed E-state index contributed by atoms with van der Waals surface area (Å²) in [4.78, 5) is 0.835. The highest BCUT2D eigenvalue weighted by atomic mass is 32.2. The molecule has 3 rings (SSSR count). The van der Waals surface area contributed by atoms with Gasteiger partial charge in [-0.2, -0.15) is 0 Å². The molecule has 0 aliphatic carbocycles. The zero-order valence-corrected chi connectivity index (χ0v) is 12.0. The standard InChI is InChI=1S/C15H20FNOS/c1-10-11(5-7-18-10)9-17-14-6-8-19-15-12(14)3-2-4-13(15)16/h2-4,10-11,14,17H,5-9H2,1H3. The summed E-state index contributed by atoms with van der Waals surface area (Å²) in [7, 11) is 0. The Morgan fingerprint density at radius 2 is 2.32 bits per heavy atom. The molecule has 0 saturated carbocycles. The molecule has 0 amide bonds. The molecule has 0 aromatic heterocycles. The summed E-state index contributed by atoms with van der Waals surface area (Å²) in [5.41, 5.74) is 1.13. The van der Waals surface area contributed by atoms with E-state index in [4.69, 9.17) is 4.74 Å². The molecule has 1 saturated heterocycles. The maximum absolute atomic E-state index is 13.8. The smallest absolute Gasteiger partial charge is 0.137 e.